The fraction of sp³-hybridized carbons (Fsp3) is 0.917. The minimum Gasteiger partial charge on any atom is -0.394 e. The van der Waals surface area contributed by atoms with Crippen LogP contribution in [0.25, 0.3) is 0 Å². The molecule has 0 aliphatic carbocycles. The highest BCUT2D eigenvalue weighted by molar-refractivity contribution is 14.0. The number of guanidine groups is 1. The van der Waals surface area contributed by atoms with Gasteiger partial charge in [0.25, 0.3) is 0 Å². The number of nitrogens with two attached hydrogens (primary N) is 1. The Balaban J connectivity index is 0.00000180. The van der Waals surface area contributed by atoms with Crippen LogP contribution < -0.4 is 5.73 Å². The number of nitrogens with zero attached hydrogens (tertiary/aromatic N) is 2. The Labute approximate surface area is 131 Å². The van der Waals surface area contributed by atoms with Gasteiger partial charge in [-0.05, 0) is 19.8 Å². The molecule has 0 spiro atoms. The lowest BCUT2D eigenvalue weighted by molar-refractivity contribution is 0.00452. The minimum absolute atomic E-state index is 0. The quantitative estimate of drug-likeness (QED) is 0.412. The second kappa shape index (κ2) is 8.23. The zero-order chi connectivity index (χ0) is 13.0. The largest absolute Gasteiger partial charge is 0.394 e. The smallest absolute Gasteiger partial charge is 0.191 e. The van der Waals surface area contributed by atoms with Crippen molar-refractivity contribution in [1.29, 1.82) is 0 Å². The van der Waals surface area contributed by atoms with E-state index in [1.807, 2.05) is 11.8 Å². The number of halogens is 1. The summed E-state index contributed by atoms with van der Waals surface area (Å²) in [5, 5.41) is 8.99. The maximum atomic E-state index is 8.99. The first-order chi connectivity index (χ1) is 8.69. The molecule has 0 bridgehead atoms. The molecule has 2 rings (SSSR count). The Kier molecular flexibility index (Phi) is 7.33. The molecule has 2 fully saturated rings. The molecular formula is C12H24IN3O3. The van der Waals surface area contributed by atoms with E-state index in [0.717, 1.165) is 25.9 Å². The molecule has 7 heteroatoms. The van der Waals surface area contributed by atoms with E-state index in [0.29, 0.717) is 19.1 Å². The molecule has 2 aliphatic rings. The van der Waals surface area contributed by atoms with E-state index in [-0.39, 0.29) is 48.9 Å². The van der Waals surface area contributed by atoms with Crippen molar-refractivity contribution in [2.45, 2.75) is 38.1 Å². The predicted octanol–water partition coefficient (Wildman–Crippen LogP) is 0.180. The van der Waals surface area contributed by atoms with E-state index < -0.39 is 0 Å². The van der Waals surface area contributed by atoms with Crippen LogP contribution in [0.3, 0.4) is 0 Å². The van der Waals surface area contributed by atoms with E-state index in [9.17, 15) is 0 Å². The molecule has 2 aliphatic heterocycles. The van der Waals surface area contributed by atoms with Crippen LogP contribution in [0.1, 0.15) is 19.8 Å². The van der Waals surface area contributed by atoms with Crippen molar-refractivity contribution >= 4 is 29.9 Å². The Morgan fingerprint density at radius 1 is 1.42 bits per heavy atom. The average Bonchev–Trinajstić information content (AvgIpc) is 2.84. The van der Waals surface area contributed by atoms with Gasteiger partial charge in [-0.25, -0.2) is 0 Å². The molecule has 3 N–H and O–H groups in total. The number of aliphatic imine (C=N–C) groups is 1. The number of rotatable bonds is 3. The van der Waals surface area contributed by atoms with Gasteiger partial charge in [-0.3, -0.25) is 4.99 Å². The third kappa shape index (κ3) is 5.05. The van der Waals surface area contributed by atoms with Crippen LogP contribution >= 0.6 is 24.0 Å². The highest BCUT2D eigenvalue weighted by atomic mass is 127. The summed E-state index contributed by atoms with van der Waals surface area (Å²) in [6, 6.07) is 0. The minimum atomic E-state index is -0.0187. The van der Waals surface area contributed by atoms with Gasteiger partial charge in [0.1, 0.15) is 0 Å². The number of aliphatic hydroxyl groups is 1. The van der Waals surface area contributed by atoms with Gasteiger partial charge < -0.3 is 25.2 Å². The summed E-state index contributed by atoms with van der Waals surface area (Å²) in [7, 11) is 0. The molecule has 0 saturated carbocycles. The molecule has 0 aromatic heterocycles. The molecule has 0 radical (unpaired) electrons. The van der Waals surface area contributed by atoms with E-state index >= 15 is 0 Å². The molecule has 19 heavy (non-hydrogen) atoms. The van der Waals surface area contributed by atoms with Crippen molar-refractivity contribution < 1.29 is 14.6 Å². The van der Waals surface area contributed by atoms with E-state index in [1.165, 1.54) is 0 Å². The summed E-state index contributed by atoms with van der Waals surface area (Å²) in [5.41, 5.74) is 5.97. The SMILES string of the molecule is CC1CN(C(N)=NC[C@H]2CC[C@@H](CO)O2)CCO1.I. The molecule has 112 valence electrons. The summed E-state index contributed by atoms with van der Waals surface area (Å²) in [4.78, 5) is 6.44. The second-order valence-corrected chi connectivity index (χ2v) is 4.97. The van der Waals surface area contributed by atoms with Crippen LogP contribution in [0.2, 0.25) is 0 Å². The molecule has 0 aromatic rings. The molecule has 0 amide bonds. The van der Waals surface area contributed by atoms with Crippen molar-refractivity contribution in [3.8, 4) is 0 Å². The normalized spacial score (nSPS) is 32.2. The summed E-state index contributed by atoms with van der Waals surface area (Å²) in [6.45, 7) is 4.99. The molecular weight excluding hydrogens is 361 g/mol. The average molecular weight is 385 g/mol. The summed E-state index contributed by atoms with van der Waals surface area (Å²) >= 11 is 0. The molecule has 6 nitrogen and oxygen atoms in total. The van der Waals surface area contributed by atoms with Gasteiger partial charge >= 0.3 is 0 Å². The topological polar surface area (TPSA) is 80.3 Å². The van der Waals surface area contributed by atoms with Gasteiger partial charge in [0.15, 0.2) is 5.96 Å². The van der Waals surface area contributed by atoms with Gasteiger partial charge in [-0.15, -0.1) is 24.0 Å². The zero-order valence-corrected chi connectivity index (χ0v) is 13.7. The van der Waals surface area contributed by atoms with Crippen LogP contribution in [0.4, 0.5) is 0 Å². The number of ether oxygens (including phenoxy) is 2. The first-order valence-electron chi connectivity index (χ1n) is 6.62. The van der Waals surface area contributed by atoms with Crippen molar-refractivity contribution in [3.63, 3.8) is 0 Å². The Hall–Kier alpha value is -0.120. The number of aliphatic hydroxyl groups excluding tert-OH is 1. The molecule has 3 atom stereocenters. The molecule has 2 saturated heterocycles. The van der Waals surface area contributed by atoms with Crippen LogP contribution in [-0.2, 0) is 9.47 Å². The summed E-state index contributed by atoms with van der Waals surface area (Å²) in [6.07, 6.45) is 2.13. The third-order valence-corrected chi connectivity index (χ3v) is 3.42. The van der Waals surface area contributed by atoms with Gasteiger partial charge in [-0.1, -0.05) is 0 Å². The number of morpholine rings is 1. The number of hydrogen-bond acceptors (Lipinski definition) is 4. The lowest BCUT2D eigenvalue weighted by Gasteiger charge is -2.32. The van der Waals surface area contributed by atoms with Gasteiger partial charge in [0.05, 0.1) is 38.1 Å². The Morgan fingerprint density at radius 2 is 2.16 bits per heavy atom. The Bertz CT molecular complexity index is 304. The van der Waals surface area contributed by atoms with Crippen LogP contribution in [0, 0.1) is 0 Å². The van der Waals surface area contributed by atoms with E-state index in [4.69, 9.17) is 20.3 Å². The van der Waals surface area contributed by atoms with Crippen molar-refractivity contribution in [1.82, 2.24) is 4.90 Å². The fourth-order valence-corrected chi connectivity index (χ4v) is 2.37. The van der Waals surface area contributed by atoms with Crippen molar-refractivity contribution in [2.24, 2.45) is 10.7 Å². The molecule has 1 unspecified atom stereocenters. The lowest BCUT2D eigenvalue weighted by atomic mass is 10.2. The van der Waals surface area contributed by atoms with Crippen LogP contribution in [0.15, 0.2) is 4.99 Å². The van der Waals surface area contributed by atoms with E-state index in [2.05, 4.69) is 4.99 Å². The zero-order valence-electron chi connectivity index (χ0n) is 11.3. The van der Waals surface area contributed by atoms with E-state index in [1.54, 1.807) is 0 Å². The van der Waals surface area contributed by atoms with Gasteiger partial charge in [0.2, 0.25) is 0 Å². The maximum Gasteiger partial charge on any atom is 0.191 e. The molecule has 2 heterocycles. The number of hydrogen-bond donors (Lipinski definition) is 2. The first-order valence-corrected chi connectivity index (χ1v) is 6.62. The second-order valence-electron chi connectivity index (χ2n) is 4.97. The highest BCUT2D eigenvalue weighted by Gasteiger charge is 2.24. The Morgan fingerprint density at radius 3 is 2.79 bits per heavy atom. The third-order valence-electron chi connectivity index (χ3n) is 3.42. The molecule has 0 aromatic carbocycles. The van der Waals surface area contributed by atoms with Crippen LogP contribution in [-0.4, -0.2) is 67.1 Å². The monoisotopic (exact) mass is 385 g/mol. The summed E-state index contributed by atoms with van der Waals surface area (Å²) in [5.74, 6) is 0.571. The first kappa shape index (κ1) is 16.9. The summed E-state index contributed by atoms with van der Waals surface area (Å²) < 4.78 is 11.1. The maximum absolute atomic E-state index is 8.99. The van der Waals surface area contributed by atoms with Crippen LogP contribution in [0.5, 0.6) is 0 Å². The fourth-order valence-electron chi connectivity index (χ4n) is 2.37. The lowest BCUT2D eigenvalue weighted by Crippen LogP contribution is -2.48. The van der Waals surface area contributed by atoms with Gasteiger partial charge in [0, 0.05) is 13.1 Å². The predicted molar refractivity (Wildman–Crippen MR) is 83.9 cm³/mol. The highest BCUT2D eigenvalue weighted by Crippen LogP contribution is 2.19. The van der Waals surface area contributed by atoms with Crippen molar-refractivity contribution in [2.75, 3.05) is 32.8 Å². The van der Waals surface area contributed by atoms with Crippen molar-refractivity contribution in [3.05, 3.63) is 0 Å². The standard InChI is InChI=1S/C12H23N3O3.HI/c1-9-7-15(4-5-17-9)12(13)14-6-10-2-3-11(8-16)18-10;/h9-11,16H,2-8H2,1H3,(H2,13,14);1H/t9?,10-,11+;/m1./s1. The van der Waals surface area contributed by atoms with Gasteiger partial charge in [-0.2, -0.15) is 0 Å².